The van der Waals surface area contributed by atoms with Gasteiger partial charge in [0, 0.05) is 16.9 Å². The van der Waals surface area contributed by atoms with Gasteiger partial charge in [-0.2, -0.15) is 5.26 Å². The number of ether oxygens (including phenoxy) is 2. The number of carbonyl (C=O) groups is 3. The summed E-state index contributed by atoms with van der Waals surface area (Å²) in [5.41, 5.74) is 4.82. The summed E-state index contributed by atoms with van der Waals surface area (Å²) in [4.78, 5) is 41.8. The Morgan fingerprint density at radius 1 is 1.03 bits per heavy atom. The Hall–Kier alpha value is -4.58. The SMILES string of the molecule is CCOC(=O)C1=C(C(=O)OCC)[C@]2(C(=O)Nc3ccccc32)C(C#N)=C(N)N1c1ccccc1. The van der Waals surface area contributed by atoms with Crippen molar-refractivity contribution in [2.45, 2.75) is 19.3 Å². The van der Waals surface area contributed by atoms with E-state index in [1.54, 1.807) is 68.4 Å². The standard InChI is InChI=1S/C25H22N4O5/c1-3-33-22(30)19-20(23(31)34-4-2)29(15-10-6-5-7-11-15)21(27)17(14-26)25(19)16-12-8-9-13-18(16)28-24(25)32/h5-13H,3-4,27H2,1-2H3,(H,28,32)/t25-/m1/s1. The maximum Gasteiger partial charge on any atom is 0.355 e. The fourth-order valence-electron chi connectivity index (χ4n) is 4.42. The number of fused-ring (bicyclic) bond motifs is 2. The van der Waals surface area contributed by atoms with Gasteiger partial charge < -0.3 is 20.5 Å². The summed E-state index contributed by atoms with van der Waals surface area (Å²) in [6.07, 6.45) is 0. The second-order valence-corrected chi connectivity index (χ2v) is 7.46. The van der Waals surface area contributed by atoms with Crippen LogP contribution in [0.2, 0.25) is 0 Å². The lowest BCUT2D eigenvalue weighted by Gasteiger charge is -2.40. The highest BCUT2D eigenvalue weighted by atomic mass is 16.5. The molecule has 0 aromatic heterocycles. The average molecular weight is 458 g/mol. The number of esters is 2. The van der Waals surface area contributed by atoms with Crippen LogP contribution in [-0.4, -0.2) is 31.1 Å². The van der Waals surface area contributed by atoms with Gasteiger partial charge in [0.1, 0.15) is 23.0 Å². The van der Waals surface area contributed by atoms with Crippen LogP contribution >= 0.6 is 0 Å². The van der Waals surface area contributed by atoms with E-state index in [1.807, 2.05) is 6.07 Å². The van der Waals surface area contributed by atoms with Crippen LogP contribution in [0, 0.1) is 11.3 Å². The maximum absolute atomic E-state index is 13.6. The third-order valence-electron chi connectivity index (χ3n) is 5.70. The Labute approximate surface area is 196 Å². The molecule has 0 saturated heterocycles. The molecule has 0 saturated carbocycles. The number of para-hydroxylation sites is 2. The van der Waals surface area contributed by atoms with Gasteiger partial charge in [-0.15, -0.1) is 0 Å². The number of hydrogen-bond donors (Lipinski definition) is 2. The van der Waals surface area contributed by atoms with Crippen molar-refractivity contribution in [2.75, 3.05) is 23.4 Å². The van der Waals surface area contributed by atoms with Crippen LogP contribution in [0.15, 0.2) is 77.3 Å². The van der Waals surface area contributed by atoms with Crippen LogP contribution in [0.1, 0.15) is 19.4 Å². The van der Waals surface area contributed by atoms with Gasteiger partial charge in [0.25, 0.3) is 0 Å². The molecule has 0 unspecified atom stereocenters. The molecule has 9 nitrogen and oxygen atoms in total. The van der Waals surface area contributed by atoms with Crippen LogP contribution in [0.25, 0.3) is 0 Å². The average Bonchev–Trinajstić information content (AvgIpc) is 3.12. The van der Waals surface area contributed by atoms with Crippen LogP contribution in [0.4, 0.5) is 11.4 Å². The second-order valence-electron chi connectivity index (χ2n) is 7.46. The Balaban J connectivity index is 2.19. The molecule has 4 rings (SSSR count). The summed E-state index contributed by atoms with van der Waals surface area (Å²) in [6, 6.07) is 17.2. The van der Waals surface area contributed by atoms with E-state index in [2.05, 4.69) is 5.32 Å². The van der Waals surface area contributed by atoms with Crippen LogP contribution < -0.4 is 16.0 Å². The predicted molar refractivity (Wildman–Crippen MR) is 123 cm³/mol. The van der Waals surface area contributed by atoms with E-state index in [4.69, 9.17) is 15.2 Å². The minimum Gasteiger partial charge on any atom is -0.463 e. The van der Waals surface area contributed by atoms with Crippen molar-refractivity contribution in [2.24, 2.45) is 5.73 Å². The Kier molecular flexibility index (Phi) is 5.82. The zero-order chi connectivity index (χ0) is 24.5. The number of nitrogens with two attached hydrogens (primary N) is 1. The van der Waals surface area contributed by atoms with Gasteiger partial charge in [-0.25, -0.2) is 9.59 Å². The first-order valence-electron chi connectivity index (χ1n) is 10.7. The molecule has 3 N–H and O–H groups in total. The molecule has 2 aliphatic rings. The molecule has 1 spiro atoms. The quantitative estimate of drug-likeness (QED) is 0.653. The summed E-state index contributed by atoms with van der Waals surface area (Å²) in [6.45, 7) is 3.20. The van der Waals surface area contributed by atoms with Crippen LogP contribution in [0.3, 0.4) is 0 Å². The third-order valence-corrected chi connectivity index (χ3v) is 5.70. The molecule has 1 amide bonds. The molecule has 0 fully saturated rings. The lowest BCUT2D eigenvalue weighted by molar-refractivity contribution is -0.143. The van der Waals surface area contributed by atoms with Gasteiger partial charge in [-0.05, 0) is 32.0 Å². The van der Waals surface area contributed by atoms with Gasteiger partial charge in [-0.1, -0.05) is 36.4 Å². The fraction of sp³-hybridized carbons (Fsp3) is 0.200. The predicted octanol–water partition coefficient (Wildman–Crippen LogP) is 2.47. The Morgan fingerprint density at radius 3 is 2.29 bits per heavy atom. The third kappa shape index (κ3) is 3.11. The van der Waals surface area contributed by atoms with E-state index >= 15 is 0 Å². The number of nitriles is 1. The first-order valence-corrected chi connectivity index (χ1v) is 10.7. The molecule has 9 heteroatoms. The first kappa shape index (κ1) is 22.6. The van der Waals surface area contributed by atoms with Gasteiger partial charge in [0.2, 0.25) is 5.91 Å². The number of anilines is 2. The van der Waals surface area contributed by atoms with Gasteiger partial charge in [0.15, 0.2) is 0 Å². The molecule has 0 aliphatic carbocycles. The molecule has 172 valence electrons. The van der Waals surface area contributed by atoms with Gasteiger partial charge >= 0.3 is 11.9 Å². The monoisotopic (exact) mass is 458 g/mol. The summed E-state index contributed by atoms with van der Waals surface area (Å²) in [5.74, 6) is -2.67. The minimum absolute atomic E-state index is 0.00553. The van der Waals surface area contributed by atoms with Gasteiger partial charge in [0.05, 0.1) is 24.4 Å². The molecule has 0 bridgehead atoms. The van der Waals surface area contributed by atoms with Crippen molar-refractivity contribution in [1.29, 1.82) is 5.26 Å². The van der Waals surface area contributed by atoms with E-state index in [0.717, 1.165) is 0 Å². The summed E-state index contributed by atoms with van der Waals surface area (Å²) in [7, 11) is 0. The van der Waals surface area contributed by atoms with E-state index in [1.165, 1.54) is 4.90 Å². The van der Waals surface area contributed by atoms with Crippen LogP contribution in [-0.2, 0) is 29.3 Å². The smallest absolute Gasteiger partial charge is 0.355 e. The van der Waals surface area contributed by atoms with Crippen molar-refractivity contribution in [3.05, 3.63) is 82.8 Å². The number of nitrogens with zero attached hydrogens (tertiary/aromatic N) is 2. The van der Waals surface area contributed by atoms with Crippen molar-refractivity contribution < 1.29 is 23.9 Å². The summed E-state index contributed by atoms with van der Waals surface area (Å²) < 4.78 is 10.6. The number of amides is 1. The minimum atomic E-state index is -1.99. The highest BCUT2D eigenvalue weighted by Gasteiger charge is 2.61. The lowest BCUT2D eigenvalue weighted by atomic mass is 9.67. The zero-order valence-electron chi connectivity index (χ0n) is 18.6. The molecular formula is C25H22N4O5. The highest BCUT2D eigenvalue weighted by Crippen LogP contribution is 2.53. The fourth-order valence-corrected chi connectivity index (χ4v) is 4.42. The summed E-state index contributed by atoms with van der Waals surface area (Å²) >= 11 is 0. The van der Waals surface area contributed by atoms with E-state index in [9.17, 15) is 19.6 Å². The second kappa shape index (κ2) is 8.75. The van der Waals surface area contributed by atoms with Gasteiger partial charge in [-0.3, -0.25) is 9.69 Å². The lowest BCUT2D eigenvalue weighted by Crippen LogP contribution is -2.51. The van der Waals surface area contributed by atoms with Crippen molar-refractivity contribution in [3.63, 3.8) is 0 Å². The maximum atomic E-state index is 13.6. The number of carbonyl (C=O) groups excluding carboxylic acids is 3. The number of benzene rings is 2. The van der Waals surface area contributed by atoms with Crippen molar-refractivity contribution >= 4 is 29.2 Å². The Morgan fingerprint density at radius 2 is 1.65 bits per heavy atom. The largest absolute Gasteiger partial charge is 0.463 e. The molecule has 2 aromatic carbocycles. The summed E-state index contributed by atoms with van der Waals surface area (Å²) in [5, 5.41) is 13.0. The Bertz CT molecular complexity index is 1290. The molecular weight excluding hydrogens is 436 g/mol. The molecule has 0 radical (unpaired) electrons. The molecule has 2 aliphatic heterocycles. The normalized spacial score (nSPS) is 19.0. The van der Waals surface area contributed by atoms with E-state index in [-0.39, 0.29) is 35.9 Å². The van der Waals surface area contributed by atoms with Crippen LogP contribution in [0.5, 0.6) is 0 Å². The van der Waals surface area contributed by atoms with E-state index < -0.39 is 23.3 Å². The van der Waals surface area contributed by atoms with Crippen molar-refractivity contribution in [3.8, 4) is 6.07 Å². The van der Waals surface area contributed by atoms with E-state index in [0.29, 0.717) is 16.9 Å². The number of nitrogens with one attached hydrogen (secondary N) is 1. The molecule has 34 heavy (non-hydrogen) atoms. The van der Waals surface area contributed by atoms with Crippen molar-refractivity contribution in [1.82, 2.24) is 0 Å². The highest BCUT2D eigenvalue weighted by molar-refractivity contribution is 6.20. The first-order chi connectivity index (χ1) is 16.4. The topological polar surface area (TPSA) is 135 Å². The molecule has 2 heterocycles. The zero-order valence-corrected chi connectivity index (χ0v) is 18.6. The molecule has 1 atom stereocenters. The number of hydrogen-bond acceptors (Lipinski definition) is 8. The molecule has 2 aromatic rings. The number of rotatable bonds is 5.